The number of aryl methyl sites for hydroxylation is 2. The summed E-state index contributed by atoms with van der Waals surface area (Å²) >= 11 is 5.87. The lowest BCUT2D eigenvalue weighted by Gasteiger charge is -2.32. The fraction of sp³-hybridized carbons (Fsp3) is 0.389. The molecule has 24 heavy (non-hydrogen) atoms. The molecule has 0 unspecified atom stereocenters. The van der Waals surface area contributed by atoms with Crippen LogP contribution >= 0.6 is 11.6 Å². The van der Waals surface area contributed by atoms with E-state index >= 15 is 0 Å². The quantitative estimate of drug-likeness (QED) is 0.795. The van der Waals surface area contributed by atoms with Gasteiger partial charge in [-0.2, -0.15) is 0 Å². The van der Waals surface area contributed by atoms with E-state index in [0.717, 1.165) is 12.8 Å². The molecule has 0 saturated carbocycles. The number of carbonyl (C=O) groups excluding carboxylic acids is 2. The van der Waals surface area contributed by atoms with Gasteiger partial charge in [0.05, 0.1) is 5.69 Å². The van der Waals surface area contributed by atoms with Crippen molar-refractivity contribution in [1.82, 2.24) is 10.1 Å². The number of halogens is 1. The molecule has 1 amide bonds. The van der Waals surface area contributed by atoms with Crippen LogP contribution in [0.1, 0.15) is 45.0 Å². The van der Waals surface area contributed by atoms with E-state index in [9.17, 15) is 9.59 Å². The molecule has 1 saturated heterocycles. The van der Waals surface area contributed by atoms with Crippen LogP contribution in [0.3, 0.4) is 0 Å². The molecule has 6 heteroatoms. The Kier molecular flexibility index (Phi) is 4.71. The Labute approximate surface area is 145 Å². The van der Waals surface area contributed by atoms with Crippen LogP contribution in [0.4, 0.5) is 0 Å². The normalized spacial score (nSPS) is 17.8. The molecule has 126 valence electrons. The molecule has 1 atom stereocenters. The molecule has 5 nitrogen and oxygen atoms in total. The zero-order valence-electron chi connectivity index (χ0n) is 13.7. The second kappa shape index (κ2) is 6.77. The monoisotopic (exact) mass is 346 g/mol. The predicted molar refractivity (Wildman–Crippen MR) is 90.4 cm³/mol. The molecule has 1 aromatic carbocycles. The minimum Gasteiger partial charge on any atom is -0.361 e. The SMILES string of the molecule is Cc1noc(C)c1C(=O)N1CCC[C@@H](C(=O)c2ccc(Cl)cc2)C1. The number of amides is 1. The zero-order chi connectivity index (χ0) is 17.3. The number of hydrogen-bond donors (Lipinski definition) is 0. The van der Waals surface area contributed by atoms with Crippen molar-refractivity contribution in [3.05, 3.63) is 51.9 Å². The minimum atomic E-state index is -0.190. The molecular formula is C18H19ClN2O3. The summed E-state index contributed by atoms with van der Waals surface area (Å²) in [6, 6.07) is 6.90. The van der Waals surface area contributed by atoms with Crippen molar-refractivity contribution >= 4 is 23.3 Å². The molecule has 1 fully saturated rings. The molecule has 3 rings (SSSR count). The van der Waals surface area contributed by atoms with Crippen LogP contribution in [0.2, 0.25) is 5.02 Å². The second-order valence-corrected chi connectivity index (χ2v) is 6.60. The van der Waals surface area contributed by atoms with E-state index in [4.69, 9.17) is 16.1 Å². The van der Waals surface area contributed by atoms with Crippen molar-refractivity contribution in [2.45, 2.75) is 26.7 Å². The van der Waals surface area contributed by atoms with E-state index in [0.29, 0.717) is 40.7 Å². The van der Waals surface area contributed by atoms with Crippen LogP contribution in [0.25, 0.3) is 0 Å². The molecule has 1 aromatic heterocycles. The van der Waals surface area contributed by atoms with Gasteiger partial charge in [0.15, 0.2) is 5.78 Å². The fourth-order valence-corrected chi connectivity index (χ4v) is 3.30. The Bertz CT molecular complexity index is 748. The number of hydrogen-bond acceptors (Lipinski definition) is 4. The van der Waals surface area contributed by atoms with Gasteiger partial charge in [0.2, 0.25) is 0 Å². The third kappa shape index (κ3) is 3.22. The molecule has 2 heterocycles. The van der Waals surface area contributed by atoms with Gasteiger partial charge in [0.25, 0.3) is 5.91 Å². The number of likely N-dealkylation sites (tertiary alicyclic amines) is 1. The van der Waals surface area contributed by atoms with Crippen molar-refractivity contribution < 1.29 is 14.1 Å². The van der Waals surface area contributed by atoms with Crippen molar-refractivity contribution in [1.29, 1.82) is 0 Å². The van der Waals surface area contributed by atoms with Crippen molar-refractivity contribution in [2.24, 2.45) is 5.92 Å². The van der Waals surface area contributed by atoms with E-state index in [1.807, 2.05) is 0 Å². The molecule has 1 aliphatic heterocycles. The van der Waals surface area contributed by atoms with Crippen LogP contribution < -0.4 is 0 Å². The van der Waals surface area contributed by atoms with Gasteiger partial charge in [-0.05, 0) is 51.0 Å². The maximum absolute atomic E-state index is 12.7. The number of piperidine rings is 1. The van der Waals surface area contributed by atoms with Gasteiger partial charge in [-0.1, -0.05) is 16.8 Å². The van der Waals surface area contributed by atoms with Gasteiger partial charge in [-0.25, -0.2) is 0 Å². The van der Waals surface area contributed by atoms with Crippen LogP contribution in [0.15, 0.2) is 28.8 Å². The number of aromatic nitrogens is 1. The summed E-state index contributed by atoms with van der Waals surface area (Å²) in [5.41, 5.74) is 1.73. The first-order valence-electron chi connectivity index (χ1n) is 7.99. The van der Waals surface area contributed by atoms with Gasteiger partial charge in [0.1, 0.15) is 11.3 Å². The highest BCUT2D eigenvalue weighted by Gasteiger charge is 2.31. The molecule has 2 aromatic rings. The maximum Gasteiger partial charge on any atom is 0.259 e. The Morgan fingerprint density at radius 2 is 1.96 bits per heavy atom. The summed E-state index contributed by atoms with van der Waals surface area (Å²) in [6.07, 6.45) is 1.59. The summed E-state index contributed by atoms with van der Waals surface area (Å²) < 4.78 is 5.09. The van der Waals surface area contributed by atoms with Gasteiger partial charge < -0.3 is 9.42 Å². The molecule has 0 aliphatic carbocycles. The average Bonchev–Trinajstić information content (AvgIpc) is 2.93. The van der Waals surface area contributed by atoms with Gasteiger partial charge in [0, 0.05) is 29.6 Å². The third-order valence-electron chi connectivity index (χ3n) is 4.46. The van der Waals surface area contributed by atoms with Crippen LogP contribution in [-0.4, -0.2) is 34.8 Å². The summed E-state index contributed by atoms with van der Waals surface area (Å²) in [5, 5.41) is 4.44. The number of carbonyl (C=O) groups is 2. The van der Waals surface area contributed by atoms with Gasteiger partial charge in [-0.3, -0.25) is 9.59 Å². The largest absolute Gasteiger partial charge is 0.361 e. The first-order valence-corrected chi connectivity index (χ1v) is 8.37. The van der Waals surface area contributed by atoms with Gasteiger partial charge in [-0.15, -0.1) is 0 Å². The molecule has 0 N–H and O–H groups in total. The summed E-state index contributed by atoms with van der Waals surface area (Å²) in [5.74, 6) is 0.274. The minimum absolute atomic E-state index is 0.0583. The lowest BCUT2D eigenvalue weighted by atomic mass is 9.89. The highest BCUT2D eigenvalue weighted by molar-refractivity contribution is 6.30. The lowest BCUT2D eigenvalue weighted by Crippen LogP contribution is -2.42. The number of nitrogens with zero attached hydrogens (tertiary/aromatic N) is 2. The molecule has 1 aliphatic rings. The lowest BCUT2D eigenvalue weighted by molar-refractivity contribution is 0.0635. The smallest absolute Gasteiger partial charge is 0.259 e. The number of ketones is 1. The number of benzene rings is 1. The highest BCUT2D eigenvalue weighted by Crippen LogP contribution is 2.24. The average molecular weight is 347 g/mol. The topological polar surface area (TPSA) is 63.4 Å². The Balaban J connectivity index is 1.76. The highest BCUT2D eigenvalue weighted by atomic mass is 35.5. The Morgan fingerprint density at radius 1 is 1.25 bits per heavy atom. The van der Waals surface area contributed by atoms with Crippen molar-refractivity contribution in [2.75, 3.05) is 13.1 Å². The predicted octanol–water partition coefficient (Wildman–Crippen LogP) is 3.68. The number of rotatable bonds is 3. The van der Waals surface area contributed by atoms with E-state index in [1.54, 1.807) is 43.0 Å². The zero-order valence-corrected chi connectivity index (χ0v) is 14.5. The summed E-state index contributed by atoms with van der Waals surface area (Å²) in [6.45, 7) is 4.55. The maximum atomic E-state index is 12.7. The van der Waals surface area contributed by atoms with Crippen LogP contribution in [0.5, 0.6) is 0 Å². The molecule has 0 radical (unpaired) electrons. The van der Waals surface area contributed by atoms with Crippen molar-refractivity contribution in [3.63, 3.8) is 0 Å². The Hall–Kier alpha value is -2.14. The third-order valence-corrected chi connectivity index (χ3v) is 4.71. The standard InChI is InChI=1S/C18H19ClN2O3/c1-11-16(12(2)24-20-11)18(23)21-9-3-4-14(10-21)17(22)13-5-7-15(19)8-6-13/h5-8,14H,3-4,9-10H2,1-2H3/t14-/m1/s1. The fourth-order valence-electron chi connectivity index (χ4n) is 3.17. The van der Waals surface area contributed by atoms with Crippen LogP contribution in [-0.2, 0) is 0 Å². The van der Waals surface area contributed by atoms with E-state index in [1.165, 1.54) is 0 Å². The van der Waals surface area contributed by atoms with E-state index in [-0.39, 0.29) is 17.6 Å². The van der Waals surface area contributed by atoms with E-state index in [2.05, 4.69) is 5.16 Å². The van der Waals surface area contributed by atoms with Crippen molar-refractivity contribution in [3.8, 4) is 0 Å². The van der Waals surface area contributed by atoms with Gasteiger partial charge >= 0.3 is 0 Å². The van der Waals surface area contributed by atoms with E-state index < -0.39 is 0 Å². The summed E-state index contributed by atoms with van der Waals surface area (Å²) in [7, 11) is 0. The number of Topliss-reactive ketones (excluding diaryl/α,β-unsaturated/α-hetero) is 1. The van der Waals surface area contributed by atoms with Crippen LogP contribution in [0, 0.1) is 19.8 Å². The first-order chi connectivity index (χ1) is 11.5. The Morgan fingerprint density at radius 3 is 2.58 bits per heavy atom. The molecule has 0 bridgehead atoms. The molecular weight excluding hydrogens is 328 g/mol. The summed E-state index contributed by atoms with van der Waals surface area (Å²) in [4.78, 5) is 27.2. The molecule has 0 spiro atoms. The second-order valence-electron chi connectivity index (χ2n) is 6.16. The first kappa shape index (κ1) is 16.7.